The molecule has 0 radical (unpaired) electrons. The molecule has 2 amide bonds. The average Bonchev–Trinajstić information content (AvgIpc) is 2.36. The summed E-state index contributed by atoms with van der Waals surface area (Å²) in [5.41, 5.74) is 0. The predicted octanol–water partition coefficient (Wildman–Crippen LogP) is 0.429. The Kier molecular flexibility index (Phi) is 5.78. The second-order valence-electron chi connectivity index (χ2n) is 6.22. The SMILES string of the molecule is CCC(C)C1C(=O)NC(C(C)C)C(=O)N1CCS(C)(=O)=O. The molecule has 0 aromatic carbocycles. The Morgan fingerprint density at radius 1 is 1.24 bits per heavy atom. The van der Waals surface area contributed by atoms with Gasteiger partial charge in [-0.05, 0) is 11.8 Å². The van der Waals surface area contributed by atoms with Crippen LogP contribution < -0.4 is 5.32 Å². The van der Waals surface area contributed by atoms with E-state index in [1.807, 2.05) is 27.7 Å². The van der Waals surface area contributed by atoms with Crippen LogP contribution in [0.1, 0.15) is 34.1 Å². The van der Waals surface area contributed by atoms with Gasteiger partial charge in [0.25, 0.3) is 0 Å². The van der Waals surface area contributed by atoms with Crippen LogP contribution in [-0.2, 0) is 19.4 Å². The summed E-state index contributed by atoms with van der Waals surface area (Å²) in [6.07, 6.45) is 1.88. The maximum absolute atomic E-state index is 12.6. The summed E-state index contributed by atoms with van der Waals surface area (Å²) < 4.78 is 22.8. The van der Waals surface area contributed by atoms with E-state index in [4.69, 9.17) is 0 Å². The third kappa shape index (κ3) is 4.43. The fraction of sp³-hybridized carbons (Fsp3) is 0.857. The predicted molar refractivity (Wildman–Crippen MR) is 81.4 cm³/mol. The van der Waals surface area contributed by atoms with E-state index in [1.165, 1.54) is 4.90 Å². The molecule has 21 heavy (non-hydrogen) atoms. The van der Waals surface area contributed by atoms with Crippen LogP contribution in [0.4, 0.5) is 0 Å². The summed E-state index contributed by atoms with van der Waals surface area (Å²) in [6.45, 7) is 7.65. The highest BCUT2D eigenvalue weighted by atomic mass is 32.2. The zero-order valence-corrected chi connectivity index (χ0v) is 14.2. The van der Waals surface area contributed by atoms with E-state index in [0.29, 0.717) is 0 Å². The molecule has 1 saturated heterocycles. The summed E-state index contributed by atoms with van der Waals surface area (Å²) in [4.78, 5) is 26.4. The van der Waals surface area contributed by atoms with Gasteiger partial charge in [0.05, 0.1) is 5.75 Å². The Balaban J connectivity index is 3.05. The molecule has 6 nitrogen and oxygen atoms in total. The van der Waals surface area contributed by atoms with Gasteiger partial charge in [-0.3, -0.25) is 9.59 Å². The van der Waals surface area contributed by atoms with Gasteiger partial charge in [0.2, 0.25) is 11.8 Å². The molecule has 0 aliphatic carbocycles. The van der Waals surface area contributed by atoms with Crippen molar-refractivity contribution in [1.82, 2.24) is 10.2 Å². The highest BCUT2D eigenvalue weighted by Crippen LogP contribution is 2.22. The highest BCUT2D eigenvalue weighted by Gasteiger charge is 2.43. The van der Waals surface area contributed by atoms with Crippen LogP contribution >= 0.6 is 0 Å². The normalized spacial score (nSPS) is 25.1. The van der Waals surface area contributed by atoms with Crippen LogP contribution in [0.25, 0.3) is 0 Å². The molecular weight excluding hydrogens is 292 g/mol. The van der Waals surface area contributed by atoms with E-state index >= 15 is 0 Å². The first-order chi connectivity index (χ1) is 9.58. The van der Waals surface area contributed by atoms with E-state index in [9.17, 15) is 18.0 Å². The van der Waals surface area contributed by atoms with Crippen LogP contribution in [0, 0.1) is 11.8 Å². The van der Waals surface area contributed by atoms with E-state index in [1.54, 1.807) is 0 Å². The lowest BCUT2D eigenvalue weighted by molar-refractivity contribution is -0.152. The van der Waals surface area contributed by atoms with Crippen LogP contribution in [0.2, 0.25) is 0 Å². The highest BCUT2D eigenvalue weighted by molar-refractivity contribution is 7.90. The van der Waals surface area contributed by atoms with Crippen LogP contribution in [-0.4, -0.2) is 55.8 Å². The summed E-state index contributed by atoms with van der Waals surface area (Å²) in [7, 11) is -3.18. The Bertz CT molecular complexity index is 501. The van der Waals surface area contributed by atoms with Gasteiger partial charge in [0.1, 0.15) is 21.9 Å². The van der Waals surface area contributed by atoms with Crippen molar-refractivity contribution in [3.63, 3.8) is 0 Å². The van der Waals surface area contributed by atoms with Crippen LogP contribution in [0.3, 0.4) is 0 Å². The molecule has 3 atom stereocenters. The van der Waals surface area contributed by atoms with Crippen LogP contribution in [0.15, 0.2) is 0 Å². The number of sulfone groups is 1. The van der Waals surface area contributed by atoms with E-state index in [-0.39, 0.29) is 35.9 Å². The van der Waals surface area contributed by atoms with Gasteiger partial charge in [-0.1, -0.05) is 34.1 Å². The zero-order chi connectivity index (χ0) is 16.4. The standard InChI is InChI=1S/C14H26N2O4S/c1-6-10(4)12-13(17)15-11(9(2)3)14(18)16(12)7-8-21(5,19)20/h9-12H,6-8H2,1-5H3,(H,15,17). The van der Waals surface area contributed by atoms with E-state index in [2.05, 4.69) is 5.32 Å². The number of rotatable bonds is 6. The average molecular weight is 318 g/mol. The van der Waals surface area contributed by atoms with Gasteiger partial charge in [0.15, 0.2) is 0 Å². The quantitative estimate of drug-likeness (QED) is 0.770. The second kappa shape index (κ2) is 6.77. The molecule has 1 aliphatic rings. The molecule has 1 rings (SSSR count). The molecule has 0 saturated carbocycles. The fourth-order valence-corrected chi connectivity index (χ4v) is 3.04. The molecule has 0 aromatic heterocycles. The van der Waals surface area contributed by atoms with Gasteiger partial charge in [-0.25, -0.2) is 8.42 Å². The van der Waals surface area contributed by atoms with Crippen molar-refractivity contribution in [2.75, 3.05) is 18.6 Å². The Morgan fingerprint density at radius 2 is 1.81 bits per heavy atom. The minimum absolute atomic E-state index is 0.0124. The number of piperazine rings is 1. The molecule has 122 valence electrons. The van der Waals surface area contributed by atoms with Gasteiger partial charge in [0, 0.05) is 12.8 Å². The lowest BCUT2D eigenvalue weighted by atomic mass is 9.90. The molecule has 7 heteroatoms. The molecule has 1 fully saturated rings. The third-order valence-electron chi connectivity index (χ3n) is 4.00. The van der Waals surface area contributed by atoms with Gasteiger partial charge in [-0.15, -0.1) is 0 Å². The van der Waals surface area contributed by atoms with E-state index in [0.717, 1.165) is 12.7 Å². The topological polar surface area (TPSA) is 83.6 Å². The molecule has 0 spiro atoms. The Hall–Kier alpha value is -1.11. The van der Waals surface area contributed by atoms with Crippen molar-refractivity contribution < 1.29 is 18.0 Å². The lowest BCUT2D eigenvalue weighted by Crippen LogP contribution is -2.66. The molecule has 0 bridgehead atoms. The fourth-order valence-electron chi connectivity index (χ4n) is 2.51. The molecule has 1 heterocycles. The number of carbonyl (C=O) groups excluding carboxylic acids is 2. The molecule has 3 unspecified atom stereocenters. The first-order valence-corrected chi connectivity index (χ1v) is 9.43. The zero-order valence-electron chi connectivity index (χ0n) is 13.4. The number of carbonyl (C=O) groups is 2. The summed E-state index contributed by atoms with van der Waals surface area (Å²) >= 11 is 0. The molecule has 0 aromatic rings. The number of nitrogens with one attached hydrogen (secondary N) is 1. The largest absolute Gasteiger partial charge is 0.342 e. The third-order valence-corrected chi connectivity index (χ3v) is 4.93. The van der Waals surface area contributed by atoms with Gasteiger partial charge < -0.3 is 10.2 Å². The number of hydrogen-bond donors (Lipinski definition) is 1. The summed E-state index contributed by atoms with van der Waals surface area (Å²) in [5, 5.41) is 2.78. The Labute approximate surface area is 127 Å². The van der Waals surface area contributed by atoms with E-state index < -0.39 is 21.9 Å². The molecule has 1 aliphatic heterocycles. The van der Waals surface area contributed by atoms with Crippen molar-refractivity contribution in [2.45, 2.75) is 46.2 Å². The first kappa shape index (κ1) is 17.9. The maximum atomic E-state index is 12.6. The summed E-state index contributed by atoms with van der Waals surface area (Å²) in [5.74, 6) is -0.527. The minimum atomic E-state index is -3.18. The van der Waals surface area contributed by atoms with Gasteiger partial charge in [-0.2, -0.15) is 0 Å². The second-order valence-corrected chi connectivity index (χ2v) is 8.48. The van der Waals surface area contributed by atoms with Crippen molar-refractivity contribution in [3.05, 3.63) is 0 Å². The van der Waals surface area contributed by atoms with Crippen molar-refractivity contribution >= 4 is 21.7 Å². The lowest BCUT2D eigenvalue weighted by Gasteiger charge is -2.42. The number of nitrogens with zero attached hydrogens (tertiary/aromatic N) is 1. The summed E-state index contributed by atoms with van der Waals surface area (Å²) in [6, 6.07) is -1.16. The molecule has 1 N–H and O–H groups in total. The smallest absolute Gasteiger partial charge is 0.246 e. The monoisotopic (exact) mass is 318 g/mol. The van der Waals surface area contributed by atoms with Crippen molar-refractivity contribution in [1.29, 1.82) is 0 Å². The van der Waals surface area contributed by atoms with Crippen molar-refractivity contribution in [3.8, 4) is 0 Å². The van der Waals surface area contributed by atoms with Crippen molar-refractivity contribution in [2.24, 2.45) is 11.8 Å². The first-order valence-electron chi connectivity index (χ1n) is 7.37. The van der Waals surface area contributed by atoms with Gasteiger partial charge >= 0.3 is 0 Å². The van der Waals surface area contributed by atoms with Crippen LogP contribution in [0.5, 0.6) is 0 Å². The Morgan fingerprint density at radius 3 is 2.24 bits per heavy atom. The number of amides is 2. The molecular formula is C14H26N2O4S. The minimum Gasteiger partial charge on any atom is -0.342 e. The number of hydrogen-bond acceptors (Lipinski definition) is 4. The maximum Gasteiger partial charge on any atom is 0.246 e.